The third-order valence-corrected chi connectivity index (χ3v) is 6.43. The summed E-state index contributed by atoms with van der Waals surface area (Å²) in [6.45, 7) is 6.64. The molecule has 5 fully saturated rings. The van der Waals surface area contributed by atoms with Crippen molar-refractivity contribution in [3.8, 4) is 12.3 Å². The lowest BCUT2D eigenvalue weighted by atomic mass is 9.58. The fourth-order valence-corrected chi connectivity index (χ4v) is 5.19. The molecule has 1 aliphatic carbocycles. The summed E-state index contributed by atoms with van der Waals surface area (Å²) in [5.41, 5.74) is -0.525. The molecule has 1 saturated carbocycles. The largest absolute Gasteiger partial charge is 0.340 e. The standard InChI is InChI=1S/C18H26O5/c1-5-10-19-15-12(3)14-7-6-11(2)13-8-9-17(4)21-16(20-15)18(13,14)23-22-17/h1,11-16H,6-10H2,2-4H3/t11-,12-,13+,14+,15-,16-,17-,18-/m1/s1. The first-order chi connectivity index (χ1) is 11.0. The van der Waals surface area contributed by atoms with E-state index in [1.165, 1.54) is 6.42 Å². The fraction of sp³-hybridized carbons (Fsp3) is 0.889. The molecule has 0 aromatic carbocycles. The Morgan fingerprint density at radius 3 is 2.78 bits per heavy atom. The quantitative estimate of drug-likeness (QED) is 0.578. The van der Waals surface area contributed by atoms with E-state index in [4.69, 9.17) is 30.4 Å². The van der Waals surface area contributed by atoms with E-state index in [0.717, 1.165) is 19.3 Å². The molecule has 0 unspecified atom stereocenters. The van der Waals surface area contributed by atoms with Crippen LogP contribution < -0.4 is 0 Å². The molecule has 128 valence electrons. The van der Waals surface area contributed by atoms with Gasteiger partial charge in [0.25, 0.3) is 0 Å². The van der Waals surface area contributed by atoms with Crippen molar-refractivity contribution in [3.05, 3.63) is 0 Å². The SMILES string of the molecule is C#CCO[C@@H]1O[C@@H]2O[C@@]3(C)CC[C@H]4[C@H](C)CC[C@@H]([C@H]1C)[C@@]24OO3. The van der Waals surface area contributed by atoms with Gasteiger partial charge in [0.15, 0.2) is 18.2 Å². The van der Waals surface area contributed by atoms with Gasteiger partial charge in [-0.3, -0.25) is 0 Å². The monoisotopic (exact) mass is 322 g/mol. The number of hydrogen-bond acceptors (Lipinski definition) is 5. The summed E-state index contributed by atoms with van der Waals surface area (Å²) in [6.07, 6.45) is 8.64. The summed E-state index contributed by atoms with van der Waals surface area (Å²) < 4.78 is 18.2. The van der Waals surface area contributed by atoms with Gasteiger partial charge >= 0.3 is 0 Å². The van der Waals surface area contributed by atoms with Crippen molar-refractivity contribution >= 4 is 0 Å². The molecule has 8 atom stereocenters. The molecule has 5 nitrogen and oxygen atoms in total. The van der Waals surface area contributed by atoms with Crippen molar-refractivity contribution in [2.24, 2.45) is 23.7 Å². The maximum absolute atomic E-state index is 6.23. The maximum atomic E-state index is 6.23. The lowest BCUT2D eigenvalue weighted by Crippen LogP contribution is -2.70. The maximum Gasteiger partial charge on any atom is 0.201 e. The second-order valence-corrected chi connectivity index (χ2v) is 7.79. The number of rotatable bonds is 2. The van der Waals surface area contributed by atoms with Crippen LogP contribution >= 0.6 is 0 Å². The van der Waals surface area contributed by atoms with Gasteiger partial charge in [-0.05, 0) is 38.0 Å². The van der Waals surface area contributed by atoms with E-state index in [9.17, 15) is 0 Å². The van der Waals surface area contributed by atoms with Crippen LogP contribution in [-0.4, -0.2) is 30.6 Å². The van der Waals surface area contributed by atoms with Gasteiger partial charge in [0.1, 0.15) is 6.61 Å². The topological polar surface area (TPSA) is 46.2 Å². The first-order valence-electron chi connectivity index (χ1n) is 8.75. The zero-order valence-electron chi connectivity index (χ0n) is 14.1. The van der Waals surface area contributed by atoms with E-state index < -0.39 is 17.7 Å². The van der Waals surface area contributed by atoms with Crippen LogP contribution in [0.1, 0.15) is 46.5 Å². The molecule has 5 heteroatoms. The van der Waals surface area contributed by atoms with Crippen LogP contribution in [0.3, 0.4) is 0 Å². The molecule has 0 amide bonds. The van der Waals surface area contributed by atoms with Gasteiger partial charge in [-0.25, -0.2) is 9.78 Å². The van der Waals surface area contributed by atoms with Gasteiger partial charge in [-0.1, -0.05) is 19.8 Å². The summed E-state index contributed by atoms with van der Waals surface area (Å²) in [5, 5.41) is 0. The molecule has 4 heterocycles. The molecule has 0 aromatic rings. The minimum Gasteiger partial charge on any atom is -0.340 e. The Balaban J connectivity index is 1.72. The zero-order valence-corrected chi connectivity index (χ0v) is 14.1. The first kappa shape index (κ1) is 15.9. The van der Waals surface area contributed by atoms with E-state index in [0.29, 0.717) is 11.8 Å². The smallest absolute Gasteiger partial charge is 0.201 e. The number of hydrogen-bond donors (Lipinski definition) is 0. The van der Waals surface area contributed by atoms with Gasteiger partial charge in [0.05, 0.1) is 0 Å². The molecule has 0 aromatic heterocycles. The third kappa shape index (κ3) is 2.20. The Morgan fingerprint density at radius 1 is 1.17 bits per heavy atom. The van der Waals surface area contributed by atoms with Crippen LogP contribution in [0.15, 0.2) is 0 Å². The Bertz CT molecular complexity index is 516. The van der Waals surface area contributed by atoms with Crippen molar-refractivity contribution in [2.45, 2.75) is 70.4 Å². The second kappa shape index (κ2) is 5.44. The van der Waals surface area contributed by atoms with Crippen molar-refractivity contribution in [3.63, 3.8) is 0 Å². The van der Waals surface area contributed by atoms with Crippen LogP contribution in [0.25, 0.3) is 0 Å². The molecule has 0 radical (unpaired) electrons. The summed E-state index contributed by atoms with van der Waals surface area (Å²) in [5.74, 6) is 3.20. The highest BCUT2D eigenvalue weighted by atomic mass is 17.3. The first-order valence-corrected chi connectivity index (χ1v) is 8.75. The number of ether oxygens (including phenoxy) is 3. The zero-order chi connectivity index (χ0) is 16.2. The van der Waals surface area contributed by atoms with Gasteiger partial charge < -0.3 is 14.2 Å². The minimum absolute atomic E-state index is 0.184. The minimum atomic E-state index is -0.741. The molecular formula is C18H26O5. The molecule has 23 heavy (non-hydrogen) atoms. The van der Waals surface area contributed by atoms with Crippen molar-refractivity contribution in [2.75, 3.05) is 6.61 Å². The highest BCUT2D eigenvalue weighted by molar-refractivity contribution is 5.09. The number of fused-ring (bicyclic) bond motifs is 2. The normalized spacial score (nSPS) is 54.9. The predicted octanol–water partition coefficient (Wildman–Crippen LogP) is 2.84. The van der Waals surface area contributed by atoms with Crippen LogP contribution in [0.4, 0.5) is 0 Å². The van der Waals surface area contributed by atoms with Crippen molar-refractivity contribution < 1.29 is 24.0 Å². The average Bonchev–Trinajstić information content (AvgIpc) is 2.76. The molecule has 2 bridgehead atoms. The Kier molecular flexibility index (Phi) is 3.75. The summed E-state index contributed by atoms with van der Waals surface area (Å²) in [4.78, 5) is 11.8. The molecule has 1 spiro atoms. The van der Waals surface area contributed by atoms with Gasteiger partial charge in [0.2, 0.25) is 5.79 Å². The number of terminal acetylenes is 1. The van der Waals surface area contributed by atoms with Crippen molar-refractivity contribution in [1.82, 2.24) is 0 Å². The fourth-order valence-electron chi connectivity index (χ4n) is 5.19. The molecule has 5 aliphatic rings. The lowest BCUT2D eigenvalue weighted by Gasteiger charge is -2.60. The van der Waals surface area contributed by atoms with Crippen LogP contribution in [0.2, 0.25) is 0 Å². The molecule has 4 saturated heterocycles. The molecular weight excluding hydrogens is 296 g/mol. The molecule has 4 aliphatic heterocycles. The van der Waals surface area contributed by atoms with E-state index in [2.05, 4.69) is 19.8 Å². The summed E-state index contributed by atoms with van der Waals surface area (Å²) >= 11 is 0. The average molecular weight is 322 g/mol. The summed E-state index contributed by atoms with van der Waals surface area (Å²) in [6, 6.07) is 0. The molecule has 0 N–H and O–H groups in total. The third-order valence-electron chi connectivity index (χ3n) is 6.43. The van der Waals surface area contributed by atoms with E-state index in [1.54, 1.807) is 0 Å². The Morgan fingerprint density at radius 2 is 2.00 bits per heavy atom. The summed E-state index contributed by atoms with van der Waals surface area (Å²) in [7, 11) is 0. The predicted molar refractivity (Wildman–Crippen MR) is 81.6 cm³/mol. The van der Waals surface area contributed by atoms with Crippen molar-refractivity contribution in [1.29, 1.82) is 0 Å². The van der Waals surface area contributed by atoms with E-state index in [1.807, 2.05) is 6.92 Å². The van der Waals surface area contributed by atoms with Crippen LogP contribution in [0.5, 0.6) is 0 Å². The lowest BCUT2D eigenvalue weighted by molar-refractivity contribution is -0.577. The Hall–Kier alpha value is -0.640. The van der Waals surface area contributed by atoms with Crippen LogP contribution in [-0.2, 0) is 24.0 Å². The molecule has 5 rings (SSSR count). The van der Waals surface area contributed by atoms with Gasteiger partial charge in [0, 0.05) is 18.3 Å². The highest BCUT2D eigenvalue weighted by Crippen LogP contribution is 2.60. The highest BCUT2D eigenvalue weighted by Gasteiger charge is 2.69. The second-order valence-electron chi connectivity index (χ2n) is 7.79. The Labute approximate surface area is 137 Å². The van der Waals surface area contributed by atoms with E-state index >= 15 is 0 Å². The van der Waals surface area contributed by atoms with Gasteiger partial charge in [-0.2, -0.15) is 0 Å². The van der Waals surface area contributed by atoms with Crippen LogP contribution in [0, 0.1) is 36.0 Å². The van der Waals surface area contributed by atoms with E-state index in [-0.39, 0.29) is 24.7 Å². The van der Waals surface area contributed by atoms with Gasteiger partial charge in [-0.15, -0.1) is 6.42 Å².